The highest BCUT2D eigenvalue weighted by Crippen LogP contribution is 1.97. The molecule has 0 heterocycles. The van der Waals surface area contributed by atoms with Crippen molar-refractivity contribution in [3.05, 3.63) is 5.21 Å². The SMILES string of the molecule is CCCCCC/[N+]([O-])=C/CCl. The second-order valence-corrected chi connectivity index (χ2v) is 2.85. The number of unbranched alkanes of at least 4 members (excludes halogenated alkanes) is 3. The number of hydroxylamine groups is 1. The van der Waals surface area contributed by atoms with E-state index in [1.54, 1.807) is 0 Å². The lowest BCUT2D eigenvalue weighted by Gasteiger charge is -2.01. The fraction of sp³-hybridized carbons (Fsp3) is 0.875. The van der Waals surface area contributed by atoms with Crippen molar-refractivity contribution in [2.75, 3.05) is 12.4 Å². The molecule has 0 atom stereocenters. The summed E-state index contributed by atoms with van der Waals surface area (Å²) in [4.78, 5) is 0. The van der Waals surface area contributed by atoms with Crippen LogP contribution in [0.25, 0.3) is 0 Å². The van der Waals surface area contributed by atoms with Gasteiger partial charge in [0.05, 0.1) is 0 Å². The highest BCUT2D eigenvalue weighted by molar-refractivity contribution is 6.24. The van der Waals surface area contributed by atoms with Crippen LogP contribution in [0.4, 0.5) is 0 Å². The Balaban J connectivity index is 3.17. The van der Waals surface area contributed by atoms with Crippen LogP contribution in [-0.4, -0.2) is 23.4 Å². The van der Waals surface area contributed by atoms with Crippen LogP contribution in [0.3, 0.4) is 0 Å². The van der Waals surface area contributed by atoms with Gasteiger partial charge in [0.25, 0.3) is 0 Å². The fourth-order valence-electron chi connectivity index (χ4n) is 0.863. The first-order valence-electron chi connectivity index (χ1n) is 4.14. The van der Waals surface area contributed by atoms with Gasteiger partial charge in [0, 0.05) is 6.42 Å². The van der Waals surface area contributed by atoms with Gasteiger partial charge in [0.2, 0.25) is 0 Å². The van der Waals surface area contributed by atoms with Crippen molar-refractivity contribution in [3.63, 3.8) is 0 Å². The van der Waals surface area contributed by atoms with Crippen molar-refractivity contribution < 1.29 is 4.74 Å². The topological polar surface area (TPSA) is 26.1 Å². The largest absolute Gasteiger partial charge is 0.624 e. The molecule has 0 aromatic heterocycles. The Bertz CT molecular complexity index is 115. The van der Waals surface area contributed by atoms with Crippen LogP contribution < -0.4 is 0 Å². The Kier molecular flexibility index (Phi) is 7.69. The van der Waals surface area contributed by atoms with E-state index in [1.807, 2.05) is 0 Å². The molecule has 0 saturated heterocycles. The first kappa shape index (κ1) is 10.8. The maximum Gasteiger partial charge on any atom is 0.165 e. The van der Waals surface area contributed by atoms with E-state index >= 15 is 0 Å². The summed E-state index contributed by atoms with van der Waals surface area (Å²) in [5.41, 5.74) is 0. The molecule has 0 N–H and O–H groups in total. The summed E-state index contributed by atoms with van der Waals surface area (Å²) in [6.07, 6.45) is 6.01. The lowest BCUT2D eigenvalue weighted by molar-refractivity contribution is -0.453. The molecule has 0 amide bonds. The van der Waals surface area contributed by atoms with Crippen LogP contribution in [0.2, 0.25) is 0 Å². The minimum Gasteiger partial charge on any atom is -0.624 e. The minimum atomic E-state index is 0.317. The van der Waals surface area contributed by atoms with E-state index in [1.165, 1.54) is 19.1 Å². The van der Waals surface area contributed by atoms with Crippen LogP contribution in [-0.2, 0) is 0 Å². The normalized spacial score (nSPS) is 12.0. The molecule has 0 aliphatic rings. The number of nitrogens with zero attached hydrogens (tertiary/aromatic N) is 1. The standard InChI is InChI=1S/C8H16ClNO/c1-2-3-4-5-7-10(11)8-6-9/h8H,2-7H2,1H3/b10-8-. The lowest BCUT2D eigenvalue weighted by atomic mass is 10.2. The van der Waals surface area contributed by atoms with Crippen molar-refractivity contribution in [2.24, 2.45) is 0 Å². The molecular weight excluding hydrogens is 162 g/mol. The van der Waals surface area contributed by atoms with Crippen LogP contribution in [0.5, 0.6) is 0 Å². The molecule has 0 aromatic rings. The van der Waals surface area contributed by atoms with Gasteiger partial charge in [0.15, 0.2) is 12.8 Å². The summed E-state index contributed by atoms with van der Waals surface area (Å²) in [5, 5.41) is 10.8. The monoisotopic (exact) mass is 177 g/mol. The quantitative estimate of drug-likeness (QED) is 0.153. The number of halogens is 1. The number of hydrogen-bond acceptors (Lipinski definition) is 1. The third-order valence-electron chi connectivity index (χ3n) is 1.50. The van der Waals surface area contributed by atoms with Crippen LogP contribution in [0.1, 0.15) is 32.6 Å². The van der Waals surface area contributed by atoms with Crippen LogP contribution in [0, 0.1) is 5.21 Å². The van der Waals surface area contributed by atoms with Crippen molar-refractivity contribution in [1.29, 1.82) is 0 Å². The summed E-state index contributed by atoms with van der Waals surface area (Å²) in [6, 6.07) is 0. The fourth-order valence-corrected chi connectivity index (χ4v) is 1.02. The van der Waals surface area contributed by atoms with E-state index in [0.29, 0.717) is 12.4 Å². The van der Waals surface area contributed by atoms with Gasteiger partial charge in [-0.3, -0.25) is 0 Å². The van der Waals surface area contributed by atoms with Crippen LogP contribution in [0.15, 0.2) is 0 Å². The predicted molar refractivity (Wildman–Crippen MR) is 49.4 cm³/mol. The smallest absolute Gasteiger partial charge is 0.165 e. The van der Waals surface area contributed by atoms with Crippen molar-refractivity contribution in [2.45, 2.75) is 32.6 Å². The van der Waals surface area contributed by atoms with Gasteiger partial charge in [-0.05, 0) is 6.42 Å². The molecule has 0 aromatic carbocycles. The lowest BCUT2D eigenvalue weighted by Crippen LogP contribution is -2.07. The van der Waals surface area contributed by atoms with Crippen molar-refractivity contribution in [3.8, 4) is 0 Å². The summed E-state index contributed by atoms with van der Waals surface area (Å²) in [5.74, 6) is 0.317. The van der Waals surface area contributed by atoms with E-state index in [2.05, 4.69) is 6.92 Å². The summed E-state index contributed by atoms with van der Waals surface area (Å²) >= 11 is 5.34. The summed E-state index contributed by atoms with van der Waals surface area (Å²) in [7, 11) is 0. The van der Waals surface area contributed by atoms with Gasteiger partial charge in [-0.1, -0.05) is 19.8 Å². The van der Waals surface area contributed by atoms with Crippen LogP contribution >= 0.6 is 11.6 Å². The molecule has 0 unspecified atom stereocenters. The van der Waals surface area contributed by atoms with Gasteiger partial charge in [-0.15, -0.1) is 11.6 Å². The first-order valence-corrected chi connectivity index (χ1v) is 4.67. The van der Waals surface area contributed by atoms with Crippen molar-refractivity contribution >= 4 is 17.8 Å². The predicted octanol–water partition coefficient (Wildman–Crippen LogP) is 2.39. The Labute approximate surface area is 73.5 Å². The Morgan fingerprint density at radius 3 is 2.64 bits per heavy atom. The molecule has 66 valence electrons. The molecule has 3 heteroatoms. The zero-order valence-electron chi connectivity index (χ0n) is 7.05. The highest BCUT2D eigenvalue weighted by Gasteiger charge is 1.92. The average molecular weight is 178 g/mol. The molecule has 0 spiro atoms. The van der Waals surface area contributed by atoms with E-state index in [4.69, 9.17) is 11.6 Å². The third-order valence-corrected chi connectivity index (χ3v) is 1.64. The maximum atomic E-state index is 10.8. The molecule has 11 heavy (non-hydrogen) atoms. The number of alkyl halides is 1. The Morgan fingerprint density at radius 1 is 1.36 bits per heavy atom. The second kappa shape index (κ2) is 7.86. The molecule has 0 aliphatic carbocycles. The summed E-state index contributed by atoms with van der Waals surface area (Å²) in [6.45, 7) is 2.74. The zero-order chi connectivity index (χ0) is 8.53. The van der Waals surface area contributed by atoms with Gasteiger partial charge < -0.3 is 5.21 Å². The molecule has 0 fully saturated rings. The molecule has 0 bridgehead atoms. The molecule has 0 rings (SSSR count). The van der Waals surface area contributed by atoms with Gasteiger partial charge in [-0.25, -0.2) is 4.74 Å². The molecule has 0 radical (unpaired) electrons. The Morgan fingerprint density at radius 2 is 2.09 bits per heavy atom. The van der Waals surface area contributed by atoms with Crippen molar-refractivity contribution in [1.82, 2.24) is 0 Å². The van der Waals surface area contributed by atoms with E-state index in [9.17, 15) is 5.21 Å². The average Bonchev–Trinajstić information content (AvgIpc) is 1.99. The van der Waals surface area contributed by atoms with E-state index < -0.39 is 0 Å². The Hall–Kier alpha value is -0.240. The van der Waals surface area contributed by atoms with Gasteiger partial charge in [0.1, 0.15) is 5.88 Å². The minimum absolute atomic E-state index is 0.317. The molecule has 2 nitrogen and oxygen atoms in total. The van der Waals surface area contributed by atoms with Gasteiger partial charge in [-0.2, -0.15) is 0 Å². The highest BCUT2D eigenvalue weighted by atomic mass is 35.5. The molecular formula is C8H16ClNO. The van der Waals surface area contributed by atoms with E-state index in [-0.39, 0.29) is 0 Å². The number of hydrogen-bond donors (Lipinski definition) is 0. The van der Waals surface area contributed by atoms with E-state index in [0.717, 1.165) is 17.6 Å². The summed E-state index contributed by atoms with van der Waals surface area (Å²) < 4.78 is 0.919. The number of rotatable bonds is 6. The van der Waals surface area contributed by atoms with Gasteiger partial charge >= 0.3 is 0 Å². The molecule has 0 aliphatic heterocycles. The third kappa shape index (κ3) is 7.66. The maximum absolute atomic E-state index is 10.8. The first-order chi connectivity index (χ1) is 5.31. The zero-order valence-corrected chi connectivity index (χ0v) is 7.81. The second-order valence-electron chi connectivity index (χ2n) is 2.54. The molecule has 0 saturated carbocycles.